The molecule has 2 saturated carbocycles. The van der Waals surface area contributed by atoms with Crippen molar-refractivity contribution < 1.29 is 4.79 Å². The van der Waals surface area contributed by atoms with E-state index in [9.17, 15) is 15.3 Å². The summed E-state index contributed by atoms with van der Waals surface area (Å²) in [4.78, 5) is 11.7. The van der Waals surface area contributed by atoms with Crippen LogP contribution >= 0.6 is 0 Å². The fourth-order valence-corrected chi connectivity index (χ4v) is 5.13. The first-order chi connectivity index (χ1) is 10.4. The van der Waals surface area contributed by atoms with Gasteiger partial charge in [-0.05, 0) is 62.5 Å². The highest BCUT2D eigenvalue weighted by Gasteiger charge is 2.54. The van der Waals surface area contributed by atoms with Crippen LogP contribution in [0.3, 0.4) is 0 Å². The molecule has 0 heterocycles. The van der Waals surface area contributed by atoms with Crippen LogP contribution in [0, 0.1) is 51.2 Å². The zero-order valence-corrected chi connectivity index (χ0v) is 13.3. The molecule has 0 N–H and O–H groups in total. The lowest BCUT2D eigenvalue weighted by molar-refractivity contribution is -0.111. The maximum atomic E-state index is 11.7. The molecule has 0 spiro atoms. The van der Waals surface area contributed by atoms with E-state index >= 15 is 0 Å². The normalized spacial score (nSPS) is 43.4. The highest BCUT2D eigenvalue weighted by atomic mass is 16.1. The van der Waals surface area contributed by atoms with Crippen LogP contribution < -0.4 is 0 Å². The van der Waals surface area contributed by atoms with Crippen molar-refractivity contribution in [1.82, 2.24) is 0 Å². The highest BCUT2D eigenvalue weighted by molar-refractivity contribution is 6.01. The Bertz CT molecular complexity index is 647. The third-order valence-corrected chi connectivity index (χ3v) is 6.51. The van der Waals surface area contributed by atoms with Crippen molar-refractivity contribution in [3.63, 3.8) is 0 Å². The zero-order chi connectivity index (χ0) is 16.0. The molecule has 3 aliphatic carbocycles. The molecule has 2 fully saturated rings. The maximum Gasteiger partial charge on any atom is 0.178 e. The minimum atomic E-state index is -0.386. The number of fused-ring (bicyclic) bond motifs is 3. The van der Waals surface area contributed by atoms with Gasteiger partial charge in [-0.3, -0.25) is 4.79 Å². The van der Waals surface area contributed by atoms with Crippen LogP contribution in [-0.2, 0) is 4.79 Å². The molecular weight excluding hydrogens is 272 g/mol. The Morgan fingerprint density at radius 3 is 2.77 bits per heavy atom. The molecule has 3 heteroatoms. The fraction of sp³-hybridized carbons (Fsp3) is 0.632. The molecule has 0 aromatic heterocycles. The molecule has 22 heavy (non-hydrogen) atoms. The smallest absolute Gasteiger partial charge is 0.178 e. The van der Waals surface area contributed by atoms with E-state index in [1.165, 1.54) is 5.57 Å². The Kier molecular flexibility index (Phi) is 3.48. The van der Waals surface area contributed by atoms with Crippen molar-refractivity contribution in [3.05, 3.63) is 23.8 Å². The molecule has 0 amide bonds. The first-order valence-electron chi connectivity index (χ1n) is 8.17. The number of nitriles is 2. The number of nitrogens with zero attached hydrogens (tertiary/aromatic N) is 2. The number of hydrogen-bond acceptors (Lipinski definition) is 3. The van der Waals surface area contributed by atoms with Gasteiger partial charge in [0.15, 0.2) is 5.78 Å². The maximum absolute atomic E-state index is 11.7. The van der Waals surface area contributed by atoms with Crippen LogP contribution in [0.15, 0.2) is 23.8 Å². The average molecular weight is 294 g/mol. The standard InChI is InChI=1S/C19H22N2O/c1-18(12-21)8-6-17-15(16(18)7-10-20)4-3-13-11-14(22)5-9-19(13,17)2/h5,9,11,15-17H,3-4,6-8H2,1-2H3/t15-,16?,17-,18+,19-/m0/s1. The summed E-state index contributed by atoms with van der Waals surface area (Å²) in [5.74, 6) is 1.08. The Morgan fingerprint density at radius 1 is 1.32 bits per heavy atom. The zero-order valence-electron chi connectivity index (χ0n) is 13.3. The lowest BCUT2D eigenvalue weighted by Gasteiger charge is -2.55. The van der Waals surface area contributed by atoms with Gasteiger partial charge >= 0.3 is 0 Å². The topological polar surface area (TPSA) is 64.7 Å². The largest absolute Gasteiger partial charge is 0.290 e. The highest BCUT2D eigenvalue weighted by Crippen LogP contribution is 2.60. The molecule has 3 aliphatic rings. The van der Waals surface area contributed by atoms with Gasteiger partial charge in [-0.1, -0.05) is 18.6 Å². The van der Waals surface area contributed by atoms with Crippen LogP contribution in [0.4, 0.5) is 0 Å². The Hall–Kier alpha value is -1.87. The number of ketones is 1. The van der Waals surface area contributed by atoms with Gasteiger partial charge in [-0.25, -0.2) is 0 Å². The molecule has 0 bridgehead atoms. The molecule has 0 radical (unpaired) electrons. The third kappa shape index (κ3) is 2.03. The molecule has 0 saturated heterocycles. The number of carbonyl (C=O) groups excluding carboxylic acids is 1. The lowest BCUT2D eigenvalue weighted by atomic mass is 9.48. The van der Waals surface area contributed by atoms with Crippen LogP contribution in [-0.4, -0.2) is 5.78 Å². The molecule has 114 valence electrons. The van der Waals surface area contributed by atoms with E-state index in [0.717, 1.165) is 25.7 Å². The number of rotatable bonds is 1. The Labute approximate surface area is 132 Å². The van der Waals surface area contributed by atoms with Crippen molar-refractivity contribution in [2.75, 3.05) is 0 Å². The molecule has 0 aromatic carbocycles. The monoisotopic (exact) mass is 294 g/mol. The summed E-state index contributed by atoms with van der Waals surface area (Å²) in [6.45, 7) is 4.26. The van der Waals surface area contributed by atoms with Gasteiger partial charge in [0.1, 0.15) is 0 Å². The average Bonchev–Trinajstić information content (AvgIpc) is 2.51. The molecule has 3 rings (SSSR count). The number of carbonyl (C=O) groups is 1. The van der Waals surface area contributed by atoms with Crippen molar-refractivity contribution in [1.29, 1.82) is 10.5 Å². The van der Waals surface area contributed by atoms with E-state index in [2.05, 4.69) is 25.1 Å². The van der Waals surface area contributed by atoms with Gasteiger partial charge in [0, 0.05) is 11.8 Å². The second-order valence-electron chi connectivity index (χ2n) is 7.53. The van der Waals surface area contributed by atoms with E-state index in [1.54, 1.807) is 6.08 Å². The lowest BCUT2D eigenvalue weighted by Crippen LogP contribution is -2.49. The molecule has 0 aromatic rings. The van der Waals surface area contributed by atoms with Gasteiger partial charge in [0.2, 0.25) is 0 Å². The van der Waals surface area contributed by atoms with Crippen LogP contribution in [0.1, 0.15) is 46.0 Å². The van der Waals surface area contributed by atoms with Crippen molar-refractivity contribution >= 4 is 5.78 Å². The third-order valence-electron chi connectivity index (χ3n) is 6.51. The summed E-state index contributed by atoms with van der Waals surface area (Å²) in [6, 6.07) is 4.82. The SMILES string of the molecule is C[C@]1(C#N)CC[C@H]2[C@@H](CCC3=CC(=O)C=C[C@@]32C)C1CC#N. The number of allylic oxidation sites excluding steroid dienone is 4. The molecule has 5 atom stereocenters. The summed E-state index contributed by atoms with van der Waals surface area (Å²) in [6.07, 6.45) is 9.82. The predicted octanol–water partition coefficient (Wildman–Crippen LogP) is 3.94. The van der Waals surface area contributed by atoms with Crippen molar-refractivity contribution in [3.8, 4) is 12.1 Å². The van der Waals surface area contributed by atoms with Crippen LogP contribution in [0.2, 0.25) is 0 Å². The summed E-state index contributed by atoms with van der Waals surface area (Å²) in [5, 5.41) is 18.9. The van der Waals surface area contributed by atoms with E-state index < -0.39 is 0 Å². The van der Waals surface area contributed by atoms with Gasteiger partial charge in [0.25, 0.3) is 0 Å². The molecule has 1 unspecified atom stereocenters. The van der Waals surface area contributed by atoms with Gasteiger partial charge < -0.3 is 0 Å². The van der Waals surface area contributed by atoms with Crippen molar-refractivity contribution in [2.45, 2.75) is 46.0 Å². The minimum Gasteiger partial charge on any atom is -0.290 e. The van der Waals surface area contributed by atoms with Gasteiger partial charge in [-0.15, -0.1) is 0 Å². The van der Waals surface area contributed by atoms with E-state index in [1.807, 2.05) is 13.0 Å². The summed E-state index contributed by atoms with van der Waals surface area (Å²) in [7, 11) is 0. The first kappa shape index (κ1) is 15.0. The van der Waals surface area contributed by atoms with Crippen LogP contribution in [0.5, 0.6) is 0 Å². The Morgan fingerprint density at radius 2 is 2.09 bits per heavy atom. The first-order valence-corrected chi connectivity index (χ1v) is 8.17. The molecule has 0 aliphatic heterocycles. The molecule has 3 nitrogen and oxygen atoms in total. The van der Waals surface area contributed by atoms with E-state index in [-0.39, 0.29) is 22.5 Å². The number of hydrogen-bond donors (Lipinski definition) is 0. The van der Waals surface area contributed by atoms with Gasteiger partial charge in [0.05, 0.1) is 17.6 Å². The van der Waals surface area contributed by atoms with E-state index in [4.69, 9.17) is 0 Å². The summed E-state index contributed by atoms with van der Waals surface area (Å²) < 4.78 is 0. The minimum absolute atomic E-state index is 0.0681. The second kappa shape index (κ2) is 5.10. The van der Waals surface area contributed by atoms with Gasteiger partial charge in [-0.2, -0.15) is 10.5 Å². The molecular formula is C19H22N2O. The predicted molar refractivity (Wildman–Crippen MR) is 83.2 cm³/mol. The van der Waals surface area contributed by atoms with Crippen molar-refractivity contribution in [2.24, 2.45) is 28.6 Å². The van der Waals surface area contributed by atoms with E-state index in [0.29, 0.717) is 18.3 Å². The van der Waals surface area contributed by atoms with Crippen LogP contribution in [0.25, 0.3) is 0 Å². The summed E-state index contributed by atoms with van der Waals surface area (Å²) >= 11 is 0. The Balaban J connectivity index is 1.99. The fourth-order valence-electron chi connectivity index (χ4n) is 5.13. The summed E-state index contributed by atoms with van der Waals surface area (Å²) in [5.41, 5.74) is 0.793. The quantitative estimate of drug-likeness (QED) is 0.735. The second-order valence-corrected chi connectivity index (χ2v) is 7.53.